The molecule has 32 heavy (non-hydrogen) atoms. The third-order valence-corrected chi connectivity index (χ3v) is 5.42. The van der Waals surface area contributed by atoms with Crippen LogP contribution in [-0.4, -0.2) is 30.9 Å². The van der Waals surface area contributed by atoms with E-state index in [1.54, 1.807) is 4.68 Å². The second kappa shape index (κ2) is 8.04. The number of nitrogens with one attached hydrogen (secondary N) is 1. The number of nitrogens with two attached hydrogens (primary N) is 1. The fourth-order valence-corrected chi connectivity index (χ4v) is 3.91. The molecule has 3 heterocycles. The Kier molecular flexibility index (Phi) is 4.92. The summed E-state index contributed by atoms with van der Waals surface area (Å²) in [6.07, 6.45) is 1.41. The van der Waals surface area contributed by atoms with Crippen LogP contribution >= 0.6 is 0 Å². The lowest BCUT2D eigenvalue weighted by atomic mass is 10.1. The van der Waals surface area contributed by atoms with Crippen LogP contribution in [0.25, 0.3) is 22.2 Å². The number of hydrogen-bond donors (Lipinski definition) is 2. The standard InChI is InChI=1S/C24H22N8/c1-16-14-22-28-24(18-10-5-6-12-21(18)32(22)29-16)27-13-7-11-20-19(15-25)23(26)31(30-20)17-8-3-2-4-9-17/h2-6,8-10,12,14H,7,11,13,26H2,1H3,(H,27,28). The van der Waals surface area contributed by atoms with Crippen molar-refractivity contribution >= 4 is 28.2 Å². The summed E-state index contributed by atoms with van der Waals surface area (Å²) in [5.74, 6) is 1.19. The van der Waals surface area contributed by atoms with Crippen LogP contribution in [0.15, 0.2) is 60.7 Å². The minimum absolute atomic E-state index is 0.371. The quantitative estimate of drug-likeness (QED) is 0.402. The first-order valence-corrected chi connectivity index (χ1v) is 10.5. The Morgan fingerprint density at radius 3 is 2.66 bits per heavy atom. The van der Waals surface area contributed by atoms with E-state index in [0.29, 0.717) is 30.0 Å². The number of fused-ring (bicyclic) bond motifs is 3. The Bertz CT molecular complexity index is 1460. The zero-order valence-electron chi connectivity index (χ0n) is 17.7. The molecular formula is C24H22N8. The smallest absolute Gasteiger partial charge is 0.158 e. The van der Waals surface area contributed by atoms with E-state index < -0.39 is 0 Å². The van der Waals surface area contributed by atoms with Gasteiger partial charge in [0.2, 0.25) is 0 Å². The average molecular weight is 422 g/mol. The predicted octanol–water partition coefficient (Wildman–Crippen LogP) is 3.88. The molecule has 0 amide bonds. The van der Waals surface area contributed by atoms with Gasteiger partial charge in [-0.05, 0) is 44.0 Å². The maximum absolute atomic E-state index is 9.60. The molecule has 0 spiro atoms. The summed E-state index contributed by atoms with van der Waals surface area (Å²) in [6.45, 7) is 2.65. The number of aromatic nitrogens is 5. The van der Waals surface area contributed by atoms with Crippen molar-refractivity contribution in [1.82, 2.24) is 24.4 Å². The number of nitrogen functional groups attached to an aromatic ring is 1. The van der Waals surface area contributed by atoms with E-state index in [1.807, 2.05) is 72.1 Å². The van der Waals surface area contributed by atoms with Crippen LogP contribution in [0.1, 0.15) is 23.4 Å². The van der Waals surface area contributed by atoms with E-state index in [4.69, 9.17) is 10.7 Å². The Labute approximate surface area is 184 Å². The van der Waals surface area contributed by atoms with Crippen molar-refractivity contribution in [3.63, 3.8) is 0 Å². The fourth-order valence-electron chi connectivity index (χ4n) is 3.91. The molecule has 3 N–H and O–H groups in total. The van der Waals surface area contributed by atoms with Gasteiger partial charge in [0, 0.05) is 18.0 Å². The minimum atomic E-state index is 0.371. The van der Waals surface area contributed by atoms with Crippen molar-refractivity contribution in [1.29, 1.82) is 5.26 Å². The molecule has 2 aromatic carbocycles. The molecule has 0 saturated heterocycles. The third kappa shape index (κ3) is 3.40. The van der Waals surface area contributed by atoms with Crippen LogP contribution in [0.2, 0.25) is 0 Å². The molecule has 0 bridgehead atoms. The number of aryl methyl sites for hydroxylation is 2. The van der Waals surface area contributed by atoms with Crippen LogP contribution < -0.4 is 11.1 Å². The molecule has 8 nitrogen and oxygen atoms in total. The number of para-hydroxylation sites is 2. The SMILES string of the molecule is Cc1cc2nc(NCCCc3nn(-c4ccccc4)c(N)c3C#N)c3ccccc3n2n1. The number of rotatable bonds is 6. The zero-order valence-corrected chi connectivity index (χ0v) is 17.7. The molecule has 0 radical (unpaired) electrons. The second-order valence-electron chi connectivity index (χ2n) is 7.63. The van der Waals surface area contributed by atoms with Crippen molar-refractivity contribution in [2.24, 2.45) is 0 Å². The lowest BCUT2D eigenvalue weighted by Crippen LogP contribution is -2.07. The molecule has 3 aromatic heterocycles. The normalized spacial score (nSPS) is 11.1. The van der Waals surface area contributed by atoms with Crippen LogP contribution in [0.5, 0.6) is 0 Å². The molecule has 0 aliphatic carbocycles. The molecule has 0 saturated carbocycles. The summed E-state index contributed by atoms with van der Waals surface area (Å²) in [7, 11) is 0. The van der Waals surface area contributed by atoms with Crippen LogP contribution in [0.4, 0.5) is 11.6 Å². The van der Waals surface area contributed by atoms with Gasteiger partial charge in [-0.3, -0.25) is 0 Å². The molecule has 0 unspecified atom stereocenters. The van der Waals surface area contributed by atoms with E-state index in [9.17, 15) is 5.26 Å². The van der Waals surface area contributed by atoms with Gasteiger partial charge in [0.05, 0.1) is 22.6 Å². The molecule has 5 rings (SSSR count). The molecule has 0 atom stereocenters. The highest BCUT2D eigenvalue weighted by Gasteiger charge is 2.16. The third-order valence-electron chi connectivity index (χ3n) is 5.42. The number of benzene rings is 2. The van der Waals surface area contributed by atoms with Crippen molar-refractivity contribution in [2.45, 2.75) is 19.8 Å². The van der Waals surface area contributed by atoms with E-state index in [1.165, 1.54) is 0 Å². The van der Waals surface area contributed by atoms with Gasteiger partial charge in [-0.25, -0.2) is 14.2 Å². The molecule has 0 aliphatic heterocycles. The van der Waals surface area contributed by atoms with E-state index in [2.05, 4.69) is 21.6 Å². The first-order valence-electron chi connectivity index (χ1n) is 10.5. The largest absolute Gasteiger partial charge is 0.382 e. The van der Waals surface area contributed by atoms with Crippen LogP contribution in [-0.2, 0) is 6.42 Å². The highest BCUT2D eigenvalue weighted by atomic mass is 15.3. The lowest BCUT2D eigenvalue weighted by molar-refractivity contribution is 0.789. The van der Waals surface area contributed by atoms with Gasteiger partial charge >= 0.3 is 0 Å². The summed E-state index contributed by atoms with van der Waals surface area (Å²) in [4.78, 5) is 4.76. The number of hydrogen-bond acceptors (Lipinski definition) is 6. The van der Waals surface area contributed by atoms with Crippen LogP contribution in [0.3, 0.4) is 0 Å². The number of nitriles is 1. The van der Waals surface area contributed by atoms with E-state index in [-0.39, 0.29) is 0 Å². The van der Waals surface area contributed by atoms with Gasteiger partial charge in [-0.2, -0.15) is 15.5 Å². The first-order chi connectivity index (χ1) is 15.7. The van der Waals surface area contributed by atoms with Gasteiger partial charge < -0.3 is 11.1 Å². The molecular weight excluding hydrogens is 400 g/mol. The van der Waals surface area contributed by atoms with Crippen molar-refractivity contribution < 1.29 is 0 Å². The molecule has 5 aromatic rings. The predicted molar refractivity (Wildman–Crippen MR) is 125 cm³/mol. The summed E-state index contributed by atoms with van der Waals surface area (Å²) in [5.41, 5.74) is 10.9. The Morgan fingerprint density at radius 2 is 1.84 bits per heavy atom. The zero-order chi connectivity index (χ0) is 22.1. The lowest BCUT2D eigenvalue weighted by Gasteiger charge is -2.10. The van der Waals surface area contributed by atoms with Crippen molar-refractivity contribution in [3.05, 3.63) is 77.6 Å². The Balaban J connectivity index is 1.35. The highest BCUT2D eigenvalue weighted by Crippen LogP contribution is 2.24. The second-order valence-corrected chi connectivity index (χ2v) is 7.63. The van der Waals surface area contributed by atoms with Gasteiger partial charge in [-0.15, -0.1) is 0 Å². The molecule has 8 heteroatoms. The maximum Gasteiger partial charge on any atom is 0.158 e. The first kappa shape index (κ1) is 19.6. The minimum Gasteiger partial charge on any atom is -0.382 e. The summed E-state index contributed by atoms with van der Waals surface area (Å²) in [5, 5.41) is 23.2. The summed E-state index contributed by atoms with van der Waals surface area (Å²) < 4.78 is 3.50. The number of anilines is 2. The maximum atomic E-state index is 9.60. The van der Waals surface area contributed by atoms with Gasteiger partial charge in [0.25, 0.3) is 0 Å². The summed E-state index contributed by atoms with van der Waals surface area (Å²) in [6, 6.07) is 21.9. The van der Waals surface area contributed by atoms with Crippen molar-refractivity contribution in [3.8, 4) is 11.8 Å². The highest BCUT2D eigenvalue weighted by molar-refractivity contribution is 5.91. The average Bonchev–Trinajstić information content (AvgIpc) is 3.35. The van der Waals surface area contributed by atoms with E-state index in [0.717, 1.165) is 40.2 Å². The summed E-state index contributed by atoms with van der Waals surface area (Å²) >= 11 is 0. The van der Waals surface area contributed by atoms with Crippen LogP contribution in [0, 0.1) is 18.3 Å². The monoisotopic (exact) mass is 422 g/mol. The number of nitrogens with zero attached hydrogens (tertiary/aromatic N) is 6. The Hall–Kier alpha value is -4.38. The van der Waals surface area contributed by atoms with Gasteiger partial charge in [0.15, 0.2) is 5.65 Å². The van der Waals surface area contributed by atoms with E-state index >= 15 is 0 Å². The van der Waals surface area contributed by atoms with Gasteiger partial charge in [-0.1, -0.05) is 30.3 Å². The topological polar surface area (TPSA) is 110 Å². The molecule has 0 fully saturated rings. The molecule has 158 valence electrons. The fraction of sp³-hybridized carbons (Fsp3) is 0.167. The van der Waals surface area contributed by atoms with Crippen molar-refractivity contribution in [2.75, 3.05) is 17.6 Å². The Morgan fingerprint density at radius 1 is 1.06 bits per heavy atom. The molecule has 0 aliphatic rings. The van der Waals surface area contributed by atoms with Gasteiger partial charge in [0.1, 0.15) is 23.3 Å².